The molecule has 4 aromatic rings. The number of nitrogens with zero attached hydrogens (tertiary/aromatic N) is 5. The molecule has 4 rings (SSSR count). The summed E-state index contributed by atoms with van der Waals surface area (Å²) in [6, 6.07) is 8.72. The molecular formula is C21H18Cl2N8O2S. The van der Waals surface area contributed by atoms with Gasteiger partial charge in [-0.05, 0) is 25.1 Å². The van der Waals surface area contributed by atoms with Gasteiger partial charge in [0.1, 0.15) is 16.5 Å². The van der Waals surface area contributed by atoms with Gasteiger partial charge >= 0.3 is 5.97 Å². The van der Waals surface area contributed by atoms with Crippen LogP contribution < -0.4 is 16.4 Å². The number of nitrogen functional groups attached to an aromatic ring is 1. The van der Waals surface area contributed by atoms with E-state index in [-0.39, 0.29) is 18.1 Å². The maximum atomic E-state index is 12.2. The third kappa shape index (κ3) is 4.99. The molecule has 3 aromatic heterocycles. The van der Waals surface area contributed by atoms with Crippen molar-refractivity contribution in [3.63, 3.8) is 0 Å². The number of nitriles is 1. The first-order valence-electron chi connectivity index (χ1n) is 10.1. The third-order valence-corrected chi connectivity index (χ3v) is 6.08. The Morgan fingerprint density at radius 1 is 1.26 bits per heavy atom. The summed E-state index contributed by atoms with van der Waals surface area (Å²) >= 11 is 13.6. The number of fused-ring (bicyclic) bond motifs is 1. The van der Waals surface area contributed by atoms with Gasteiger partial charge in [0.15, 0.2) is 22.5 Å². The van der Waals surface area contributed by atoms with Crippen molar-refractivity contribution in [3.05, 3.63) is 51.1 Å². The van der Waals surface area contributed by atoms with Crippen LogP contribution in [-0.4, -0.2) is 45.2 Å². The van der Waals surface area contributed by atoms with Crippen LogP contribution in [0.25, 0.3) is 16.8 Å². The Kier molecular flexibility index (Phi) is 7.02. The van der Waals surface area contributed by atoms with Gasteiger partial charge < -0.3 is 21.1 Å². The number of halogens is 2. The Bertz CT molecular complexity index is 1410. The van der Waals surface area contributed by atoms with Crippen LogP contribution in [0.3, 0.4) is 0 Å². The van der Waals surface area contributed by atoms with Crippen molar-refractivity contribution in [3.8, 4) is 17.3 Å². The van der Waals surface area contributed by atoms with Gasteiger partial charge in [0.25, 0.3) is 0 Å². The van der Waals surface area contributed by atoms with Crippen LogP contribution in [0.1, 0.15) is 22.3 Å². The highest BCUT2D eigenvalue weighted by Gasteiger charge is 2.17. The molecule has 3 heterocycles. The lowest BCUT2D eigenvalue weighted by Gasteiger charge is -2.11. The summed E-state index contributed by atoms with van der Waals surface area (Å²) in [6.45, 7) is 2.88. The molecular weight excluding hydrogens is 499 g/mol. The number of benzene rings is 1. The molecule has 0 aliphatic carbocycles. The van der Waals surface area contributed by atoms with Gasteiger partial charge in [-0.2, -0.15) is 10.4 Å². The van der Waals surface area contributed by atoms with Crippen molar-refractivity contribution < 1.29 is 9.53 Å². The summed E-state index contributed by atoms with van der Waals surface area (Å²) in [5, 5.41) is 21.2. The molecule has 4 N–H and O–H groups in total. The molecule has 13 heteroatoms. The van der Waals surface area contributed by atoms with Gasteiger partial charge in [0, 0.05) is 29.7 Å². The van der Waals surface area contributed by atoms with Crippen LogP contribution in [0.5, 0.6) is 0 Å². The molecule has 0 aliphatic heterocycles. The SMILES string of the molecule is CCOC(=O)c1cc2c(NCCNc3nc(N)c(C#N)s3)nc(-c3ccc(Cl)cc3Cl)cn2n1. The average molecular weight is 517 g/mol. The van der Waals surface area contributed by atoms with Crippen LogP contribution in [0.2, 0.25) is 10.0 Å². The first-order valence-corrected chi connectivity index (χ1v) is 11.6. The van der Waals surface area contributed by atoms with E-state index in [2.05, 4.69) is 20.7 Å². The van der Waals surface area contributed by atoms with E-state index in [4.69, 9.17) is 43.9 Å². The van der Waals surface area contributed by atoms with Crippen LogP contribution in [-0.2, 0) is 4.74 Å². The van der Waals surface area contributed by atoms with E-state index in [1.54, 1.807) is 41.9 Å². The van der Waals surface area contributed by atoms with Crippen LogP contribution in [0.15, 0.2) is 30.5 Å². The second-order valence-electron chi connectivity index (χ2n) is 6.88. The van der Waals surface area contributed by atoms with E-state index in [1.165, 1.54) is 11.3 Å². The largest absolute Gasteiger partial charge is 0.461 e. The van der Waals surface area contributed by atoms with Gasteiger partial charge in [0.2, 0.25) is 0 Å². The molecule has 0 aliphatic rings. The van der Waals surface area contributed by atoms with Crippen molar-refractivity contribution in [1.82, 2.24) is 19.6 Å². The fraction of sp³-hybridized carbons (Fsp3) is 0.190. The van der Waals surface area contributed by atoms with E-state index in [9.17, 15) is 4.79 Å². The van der Waals surface area contributed by atoms with E-state index in [0.29, 0.717) is 55.7 Å². The molecule has 174 valence electrons. The molecule has 0 bridgehead atoms. The minimum absolute atomic E-state index is 0.159. The third-order valence-electron chi connectivity index (χ3n) is 4.60. The molecule has 10 nitrogen and oxygen atoms in total. The van der Waals surface area contributed by atoms with Gasteiger partial charge in [-0.25, -0.2) is 19.3 Å². The standard InChI is InChI=1S/C21H18Cl2N8O2S/c1-2-33-20(32)14-8-16-19(26-5-6-27-21-29-18(25)17(9-24)34-21)28-15(10-31(16)30-14)12-4-3-11(22)7-13(12)23/h3-4,7-8,10H,2,5-6,25H2,1H3,(H,26,28)(H,27,29). The number of hydrogen-bond acceptors (Lipinski definition) is 10. The van der Waals surface area contributed by atoms with Crippen molar-refractivity contribution in [2.24, 2.45) is 0 Å². The zero-order valence-electron chi connectivity index (χ0n) is 17.8. The summed E-state index contributed by atoms with van der Waals surface area (Å²) in [6.07, 6.45) is 1.68. The number of hydrogen-bond donors (Lipinski definition) is 3. The quantitative estimate of drug-likeness (QED) is 0.230. The number of thiazole rings is 1. The topological polar surface area (TPSA) is 143 Å². The predicted octanol–water partition coefficient (Wildman–Crippen LogP) is 4.31. The highest BCUT2D eigenvalue weighted by atomic mass is 35.5. The van der Waals surface area contributed by atoms with E-state index in [1.807, 2.05) is 6.07 Å². The molecule has 0 fully saturated rings. The highest BCUT2D eigenvalue weighted by Crippen LogP contribution is 2.31. The zero-order valence-corrected chi connectivity index (χ0v) is 20.1. The Morgan fingerprint density at radius 2 is 2.06 bits per heavy atom. The molecule has 0 saturated carbocycles. The lowest BCUT2D eigenvalue weighted by molar-refractivity contribution is 0.0519. The van der Waals surface area contributed by atoms with Crippen molar-refractivity contribution in [2.75, 3.05) is 36.1 Å². The highest BCUT2D eigenvalue weighted by molar-refractivity contribution is 7.16. The molecule has 34 heavy (non-hydrogen) atoms. The first kappa shape index (κ1) is 23.6. The van der Waals surface area contributed by atoms with Gasteiger partial charge in [-0.3, -0.25) is 0 Å². The van der Waals surface area contributed by atoms with Crippen LogP contribution in [0, 0.1) is 11.3 Å². The van der Waals surface area contributed by atoms with Crippen molar-refractivity contribution >= 4 is 62.8 Å². The Hall–Kier alpha value is -3.59. The van der Waals surface area contributed by atoms with Crippen molar-refractivity contribution in [1.29, 1.82) is 5.26 Å². The van der Waals surface area contributed by atoms with Gasteiger partial charge in [-0.1, -0.05) is 34.5 Å². The lowest BCUT2D eigenvalue weighted by atomic mass is 10.1. The Balaban J connectivity index is 1.62. The Labute approximate surface area is 208 Å². The molecule has 0 unspecified atom stereocenters. The zero-order chi connectivity index (χ0) is 24.2. The van der Waals surface area contributed by atoms with Crippen LogP contribution >= 0.6 is 34.5 Å². The molecule has 0 amide bonds. The maximum absolute atomic E-state index is 12.2. The lowest BCUT2D eigenvalue weighted by Crippen LogP contribution is -2.15. The summed E-state index contributed by atoms with van der Waals surface area (Å²) in [4.78, 5) is 21.4. The van der Waals surface area contributed by atoms with E-state index in [0.717, 1.165) is 0 Å². The smallest absolute Gasteiger partial charge is 0.358 e. The summed E-state index contributed by atoms with van der Waals surface area (Å²) in [5.74, 6) is 0.161. The number of aromatic nitrogens is 4. The number of carbonyl (C=O) groups excluding carboxylic acids is 1. The molecule has 0 saturated heterocycles. The molecule has 0 spiro atoms. The number of nitrogens with one attached hydrogen (secondary N) is 2. The molecule has 0 atom stereocenters. The minimum Gasteiger partial charge on any atom is -0.461 e. The molecule has 0 radical (unpaired) electrons. The summed E-state index contributed by atoms with van der Waals surface area (Å²) in [5.41, 5.74) is 7.63. The van der Waals surface area contributed by atoms with Crippen LogP contribution in [0.4, 0.5) is 16.8 Å². The monoisotopic (exact) mass is 516 g/mol. The second kappa shape index (κ2) is 10.1. The second-order valence-corrected chi connectivity index (χ2v) is 8.72. The average Bonchev–Trinajstić information content (AvgIpc) is 3.40. The van der Waals surface area contributed by atoms with Gasteiger partial charge in [0.05, 0.1) is 23.5 Å². The first-order chi connectivity index (χ1) is 16.4. The number of nitrogens with two attached hydrogens (primary N) is 1. The number of anilines is 3. The van der Waals surface area contributed by atoms with E-state index < -0.39 is 5.97 Å². The summed E-state index contributed by atoms with van der Waals surface area (Å²) < 4.78 is 6.62. The fourth-order valence-electron chi connectivity index (χ4n) is 3.09. The number of ether oxygens (including phenoxy) is 1. The normalized spacial score (nSPS) is 10.8. The number of rotatable bonds is 8. The van der Waals surface area contributed by atoms with E-state index >= 15 is 0 Å². The van der Waals surface area contributed by atoms with Gasteiger partial charge in [-0.15, -0.1) is 0 Å². The predicted molar refractivity (Wildman–Crippen MR) is 133 cm³/mol. The fourth-order valence-corrected chi connectivity index (χ4v) is 4.30. The number of esters is 1. The van der Waals surface area contributed by atoms with Crippen molar-refractivity contribution in [2.45, 2.75) is 6.92 Å². The molecule has 1 aromatic carbocycles. The summed E-state index contributed by atoms with van der Waals surface area (Å²) in [7, 11) is 0. The maximum Gasteiger partial charge on any atom is 0.358 e. The minimum atomic E-state index is -0.528. The Morgan fingerprint density at radius 3 is 2.76 bits per heavy atom. The number of carbonyl (C=O) groups is 1.